The fourth-order valence-corrected chi connectivity index (χ4v) is 3.36. The number of fused-ring (bicyclic) bond motifs is 1. The highest BCUT2D eigenvalue weighted by atomic mass is 16.3. The summed E-state index contributed by atoms with van der Waals surface area (Å²) in [6.45, 7) is 2.57. The van der Waals surface area contributed by atoms with Gasteiger partial charge in [0.05, 0.1) is 12.6 Å². The van der Waals surface area contributed by atoms with Gasteiger partial charge in [0, 0.05) is 19.8 Å². The molecule has 1 saturated heterocycles. The van der Waals surface area contributed by atoms with Gasteiger partial charge in [-0.25, -0.2) is 4.98 Å². The smallest absolute Gasteiger partial charge is 0.271 e. The van der Waals surface area contributed by atoms with Crippen LogP contribution in [0.25, 0.3) is 11.1 Å². The molecule has 3 heterocycles. The molecule has 1 aliphatic heterocycles. The Bertz CT molecular complexity index is 851. The number of carbonyl (C=O) groups is 1. The minimum Gasteiger partial charge on any atom is -0.439 e. The van der Waals surface area contributed by atoms with Crippen molar-refractivity contribution in [3.63, 3.8) is 0 Å². The number of oxazole rings is 1. The second kappa shape index (κ2) is 6.68. The van der Waals surface area contributed by atoms with E-state index >= 15 is 0 Å². The highest BCUT2D eigenvalue weighted by Gasteiger charge is 2.24. The Morgan fingerprint density at radius 2 is 2.24 bits per heavy atom. The summed E-state index contributed by atoms with van der Waals surface area (Å²) in [6, 6.07) is 9.85. The number of nitrogens with zero attached hydrogens (tertiary/aromatic N) is 4. The number of para-hydroxylation sites is 2. The van der Waals surface area contributed by atoms with Crippen molar-refractivity contribution in [2.24, 2.45) is 0 Å². The van der Waals surface area contributed by atoms with Crippen LogP contribution in [0.2, 0.25) is 0 Å². The van der Waals surface area contributed by atoms with E-state index < -0.39 is 0 Å². The summed E-state index contributed by atoms with van der Waals surface area (Å²) in [4.78, 5) is 18.6. The highest BCUT2D eigenvalue weighted by Crippen LogP contribution is 2.23. The monoisotopic (exact) mass is 339 g/mol. The SMILES string of the molecule is CNC(=O)c1ccn(C2CCCN(Cc3nc4ccccc4o3)C2)n1. The summed E-state index contributed by atoms with van der Waals surface area (Å²) >= 11 is 0. The Hall–Kier alpha value is -2.67. The van der Waals surface area contributed by atoms with Gasteiger partial charge in [-0.05, 0) is 37.6 Å². The number of hydrogen-bond donors (Lipinski definition) is 1. The molecule has 0 bridgehead atoms. The number of amides is 1. The van der Waals surface area contributed by atoms with Crippen LogP contribution in [0, 0.1) is 0 Å². The molecule has 0 spiro atoms. The normalized spacial score (nSPS) is 18.5. The lowest BCUT2D eigenvalue weighted by Gasteiger charge is -2.31. The number of hydrogen-bond acceptors (Lipinski definition) is 5. The molecule has 0 saturated carbocycles. The number of likely N-dealkylation sites (tertiary alicyclic amines) is 1. The van der Waals surface area contributed by atoms with E-state index in [2.05, 4.69) is 20.3 Å². The van der Waals surface area contributed by atoms with Crippen LogP contribution in [0.4, 0.5) is 0 Å². The summed E-state index contributed by atoms with van der Waals surface area (Å²) in [5.41, 5.74) is 2.18. The van der Waals surface area contributed by atoms with Gasteiger partial charge in [0.15, 0.2) is 5.58 Å². The van der Waals surface area contributed by atoms with E-state index in [0.717, 1.165) is 42.9 Å². The van der Waals surface area contributed by atoms with Crippen LogP contribution in [0.5, 0.6) is 0 Å². The standard InChI is InChI=1S/C18H21N5O2/c1-19-18(24)15-8-10-23(21-15)13-5-4-9-22(11-13)12-17-20-14-6-2-3-7-16(14)25-17/h2-3,6-8,10,13H,4-5,9,11-12H2,1H3,(H,19,24). The molecule has 7 nitrogen and oxygen atoms in total. The fourth-order valence-electron chi connectivity index (χ4n) is 3.36. The van der Waals surface area contributed by atoms with Gasteiger partial charge in [0.25, 0.3) is 5.91 Å². The second-order valence-electron chi connectivity index (χ2n) is 6.37. The van der Waals surface area contributed by atoms with Crippen molar-refractivity contribution in [2.45, 2.75) is 25.4 Å². The Morgan fingerprint density at radius 3 is 3.08 bits per heavy atom. The van der Waals surface area contributed by atoms with Crippen molar-refractivity contribution < 1.29 is 9.21 Å². The van der Waals surface area contributed by atoms with E-state index in [-0.39, 0.29) is 11.9 Å². The molecule has 1 unspecified atom stereocenters. The topological polar surface area (TPSA) is 76.2 Å². The van der Waals surface area contributed by atoms with Gasteiger partial charge in [-0.1, -0.05) is 12.1 Å². The Morgan fingerprint density at radius 1 is 1.36 bits per heavy atom. The molecule has 1 fully saturated rings. The predicted molar refractivity (Wildman–Crippen MR) is 93.2 cm³/mol. The van der Waals surface area contributed by atoms with Gasteiger partial charge < -0.3 is 9.73 Å². The lowest BCUT2D eigenvalue weighted by molar-refractivity contribution is 0.0955. The van der Waals surface area contributed by atoms with Crippen molar-refractivity contribution >= 4 is 17.0 Å². The van der Waals surface area contributed by atoms with Crippen molar-refractivity contribution in [2.75, 3.05) is 20.1 Å². The van der Waals surface area contributed by atoms with Crippen LogP contribution in [0.15, 0.2) is 40.9 Å². The lowest BCUT2D eigenvalue weighted by atomic mass is 10.1. The largest absolute Gasteiger partial charge is 0.439 e. The Balaban J connectivity index is 1.45. The highest BCUT2D eigenvalue weighted by molar-refractivity contribution is 5.91. The van der Waals surface area contributed by atoms with Gasteiger partial charge in [-0.3, -0.25) is 14.4 Å². The van der Waals surface area contributed by atoms with Crippen LogP contribution in [0.1, 0.15) is 35.3 Å². The van der Waals surface area contributed by atoms with Crippen molar-refractivity contribution in [1.29, 1.82) is 0 Å². The molecule has 7 heteroatoms. The van der Waals surface area contributed by atoms with E-state index in [1.165, 1.54) is 0 Å². The van der Waals surface area contributed by atoms with E-state index in [1.54, 1.807) is 13.1 Å². The molecule has 1 amide bonds. The van der Waals surface area contributed by atoms with Gasteiger partial charge in [0.2, 0.25) is 5.89 Å². The van der Waals surface area contributed by atoms with Crippen LogP contribution in [-0.4, -0.2) is 45.7 Å². The molecule has 0 radical (unpaired) electrons. The number of benzene rings is 1. The maximum atomic E-state index is 11.7. The summed E-state index contributed by atoms with van der Waals surface area (Å²) in [5, 5.41) is 7.03. The van der Waals surface area contributed by atoms with Gasteiger partial charge in [0.1, 0.15) is 11.2 Å². The molecule has 2 aromatic heterocycles. The summed E-state index contributed by atoms with van der Waals surface area (Å²) in [7, 11) is 1.62. The molecule has 1 atom stereocenters. The first-order valence-corrected chi connectivity index (χ1v) is 8.57. The lowest BCUT2D eigenvalue weighted by Crippen LogP contribution is -2.36. The third kappa shape index (κ3) is 3.28. The number of piperidine rings is 1. The molecule has 25 heavy (non-hydrogen) atoms. The van der Waals surface area contributed by atoms with E-state index in [1.807, 2.05) is 35.1 Å². The first kappa shape index (κ1) is 15.8. The third-order valence-electron chi connectivity index (χ3n) is 4.62. The van der Waals surface area contributed by atoms with E-state index in [0.29, 0.717) is 12.2 Å². The summed E-state index contributed by atoms with van der Waals surface area (Å²) < 4.78 is 7.74. The van der Waals surface area contributed by atoms with Gasteiger partial charge in [-0.15, -0.1) is 0 Å². The minimum atomic E-state index is -0.155. The molecule has 3 aromatic rings. The average Bonchev–Trinajstić information content (AvgIpc) is 3.28. The predicted octanol–water partition coefficient (Wildman–Crippen LogP) is 2.22. The Kier molecular flexibility index (Phi) is 4.23. The maximum absolute atomic E-state index is 11.7. The van der Waals surface area contributed by atoms with Crippen LogP contribution < -0.4 is 5.32 Å². The van der Waals surface area contributed by atoms with Gasteiger partial charge in [-0.2, -0.15) is 5.10 Å². The molecular formula is C18H21N5O2. The number of aromatic nitrogens is 3. The molecule has 1 aromatic carbocycles. The van der Waals surface area contributed by atoms with E-state index in [4.69, 9.17) is 4.42 Å². The van der Waals surface area contributed by atoms with Crippen LogP contribution in [-0.2, 0) is 6.54 Å². The zero-order valence-corrected chi connectivity index (χ0v) is 14.2. The summed E-state index contributed by atoms with van der Waals surface area (Å²) in [5.74, 6) is 0.589. The number of nitrogens with one attached hydrogen (secondary N) is 1. The molecule has 1 N–H and O–H groups in total. The quantitative estimate of drug-likeness (QED) is 0.789. The molecule has 1 aliphatic rings. The molecule has 0 aliphatic carbocycles. The van der Waals surface area contributed by atoms with Crippen molar-refractivity contribution in [1.82, 2.24) is 25.0 Å². The first-order chi connectivity index (χ1) is 12.2. The first-order valence-electron chi connectivity index (χ1n) is 8.57. The number of rotatable bonds is 4. The van der Waals surface area contributed by atoms with Crippen molar-refractivity contribution in [3.05, 3.63) is 48.1 Å². The third-order valence-corrected chi connectivity index (χ3v) is 4.62. The van der Waals surface area contributed by atoms with Crippen LogP contribution >= 0.6 is 0 Å². The second-order valence-corrected chi connectivity index (χ2v) is 6.37. The maximum Gasteiger partial charge on any atom is 0.271 e. The average molecular weight is 339 g/mol. The van der Waals surface area contributed by atoms with Crippen LogP contribution in [0.3, 0.4) is 0 Å². The fraction of sp³-hybridized carbons (Fsp3) is 0.389. The summed E-state index contributed by atoms with van der Waals surface area (Å²) in [6.07, 6.45) is 4.02. The number of carbonyl (C=O) groups excluding carboxylic acids is 1. The zero-order chi connectivity index (χ0) is 17.2. The van der Waals surface area contributed by atoms with Crippen molar-refractivity contribution in [3.8, 4) is 0 Å². The van der Waals surface area contributed by atoms with Gasteiger partial charge >= 0.3 is 0 Å². The molecule has 130 valence electrons. The zero-order valence-electron chi connectivity index (χ0n) is 14.2. The van der Waals surface area contributed by atoms with E-state index in [9.17, 15) is 4.79 Å². The molecular weight excluding hydrogens is 318 g/mol. The minimum absolute atomic E-state index is 0.155. The molecule has 4 rings (SSSR count). The Labute approximate surface area is 145 Å².